The molecule has 0 aliphatic carbocycles. The van der Waals surface area contributed by atoms with Gasteiger partial charge in [0.05, 0.1) is 0 Å². The summed E-state index contributed by atoms with van der Waals surface area (Å²) in [6, 6.07) is 7.73. The molecule has 4 nitrogen and oxygen atoms in total. The van der Waals surface area contributed by atoms with Gasteiger partial charge in [0.25, 0.3) is 5.91 Å². The molecule has 1 fully saturated rings. The molecule has 0 bridgehead atoms. The van der Waals surface area contributed by atoms with Crippen molar-refractivity contribution in [1.29, 1.82) is 0 Å². The number of ether oxygens (including phenoxy) is 1. The van der Waals surface area contributed by atoms with Crippen molar-refractivity contribution in [1.82, 2.24) is 4.90 Å². The van der Waals surface area contributed by atoms with Crippen molar-refractivity contribution >= 4 is 21.8 Å². The Hall–Kier alpha value is -1.07. The number of amides is 1. The maximum atomic E-state index is 12.4. The van der Waals surface area contributed by atoms with Gasteiger partial charge in [0, 0.05) is 23.6 Å². The number of nitrogens with zero attached hydrogens (tertiary/aromatic N) is 1. The van der Waals surface area contributed by atoms with Gasteiger partial charge < -0.3 is 15.4 Å². The zero-order valence-electron chi connectivity index (χ0n) is 12.6. The summed E-state index contributed by atoms with van der Waals surface area (Å²) in [5.74, 6) is 1.29. The van der Waals surface area contributed by atoms with Crippen molar-refractivity contribution in [2.45, 2.75) is 38.8 Å². The second kappa shape index (κ2) is 7.27. The summed E-state index contributed by atoms with van der Waals surface area (Å²) in [5, 5.41) is 0. The van der Waals surface area contributed by atoms with Crippen LogP contribution in [0.4, 0.5) is 0 Å². The van der Waals surface area contributed by atoms with Gasteiger partial charge in [0.15, 0.2) is 6.10 Å². The first-order valence-corrected chi connectivity index (χ1v) is 8.23. The second-order valence-electron chi connectivity index (χ2n) is 5.74. The van der Waals surface area contributed by atoms with E-state index in [1.54, 1.807) is 0 Å². The molecule has 1 aliphatic rings. The van der Waals surface area contributed by atoms with E-state index in [0.717, 1.165) is 30.4 Å². The van der Waals surface area contributed by atoms with Crippen LogP contribution in [-0.4, -0.2) is 36.0 Å². The number of nitrogens with two attached hydrogens (primary N) is 1. The minimum absolute atomic E-state index is 0.0565. The topological polar surface area (TPSA) is 55.6 Å². The molecule has 0 aromatic heterocycles. The van der Waals surface area contributed by atoms with Crippen molar-refractivity contribution in [2.24, 2.45) is 11.7 Å². The predicted octanol–water partition coefficient (Wildman–Crippen LogP) is 2.80. The lowest BCUT2D eigenvalue weighted by Gasteiger charge is -2.35. The van der Waals surface area contributed by atoms with E-state index in [9.17, 15) is 4.79 Å². The fraction of sp³-hybridized carbons (Fsp3) is 0.562. The number of halogens is 1. The Labute approximate surface area is 134 Å². The number of rotatable bonds is 4. The van der Waals surface area contributed by atoms with E-state index in [1.165, 1.54) is 0 Å². The van der Waals surface area contributed by atoms with Gasteiger partial charge in [0.1, 0.15) is 5.75 Å². The largest absolute Gasteiger partial charge is 0.481 e. The average molecular weight is 355 g/mol. The van der Waals surface area contributed by atoms with E-state index in [2.05, 4.69) is 15.9 Å². The summed E-state index contributed by atoms with van der Waals surface area (Å²) in [6.45, 7) is 5.40. The third kappa shape index (κ3) is 4.45. The van der Waals surface area contributed by atoms with Crippen LogP contribution in [0.5, 0.6) is 5.75 Å². The molecule has 1 amide bonds. The lowest BCUT2D eigenvalue weighted by molar-refractivity contribution is -0.139. The first-order valence-electron chi connectivity index (χ1n) is 7.44. The van der Waals surface area contributed by atoms with Gasteiger partial charge in [-0.1, -0.05) is 15.9 Å². The van der Waals surface area contributed by atoms with Crippen molar-refractivity contribution in [3.63, 3.8) is 0 Å². The number of hydrogen-bond acceptors (Lipinski definition) is 3. The van der Waals surface area contributed by atoms with Crippen molar-refractivity contribution < 1.29 is 9.53 Å². The van der Waals surface area contributed by atoms with Gasteiger partial charge in [-0.3, -0.25) is 4.79 Å². The molecule has 0 radical (unpaired) electrons. The van der Waals surface area contributed by atoms with Gasteiger partial charge in [-0.15, -0.1) is 0 Å². The molecule has 2 N–H and O–H groups in total. The molecular formula is C16H23BrN2O2. The van der Waals surface area contributed by atoms with Gasteiger partial charge in [-0.05, 0) is 56.9 Å². The zero-order chi connectivity index (χ0) is 15.4. The number of hydrogen-bond donors (Lipinski definition) is 1. The zero-order valence-corrected chi connectivity index (χ0v) is 14.2. The van der Waals surface area contributed by atoms with Crippen molar-refractivity contribution in [2.75, 3.05) is 13.1 Å². The van der Waals surface area contributed by atoms with E-state index in [-0.39, 0.29) is 11.9 Å². The summed E-state index contributed by atoms with van der Waals surface area (Å²) in [4.78, 5) is 14.3. The van der Waals surface area contributed by atoms with Gasteiger partial charge >= 0.3 is 0 Å². The van der Waals surface area contributed by atoms with Crippen LogP contribution < -0.4 is 10.5 Å². The van der Waals surface area contributed by atoms with E-state index in [1.807, 2.05) is 43.0 Å². The SMILES string of the molecule is CC(Oc1ccc(Br)cc1)C(=O)N1CCC(C(C)N)CC1. The molecule has 2 unspecified atom stereocenters. The highest BCUT2D eigenvalue weighted by Gasteiger charge is 2.28. The van der Waals surface area contributed by atoms with Crippen molar-refractivity contribution in [3.05, 3.63) is 28.7 Å². The van der Waals surface area contributed by atoms with Crippen LogP contribution in [0.15, 0.2) is 28.7 Å². The molecule has 0 spiro atoms. The lowest BCUT2D eigenvalue weighted by Crippen LogP contribution is -2.46. The predicted molar refractivity (Wildman–Crippen MR) is 87.2 cm³/mol. The Morgan fingerprint density at radius 2 is 1.86 bits per heavy atom. The Morgan fingerprint density at radius 1 is 1.29 bits per heavy atom. The van der Waals surface area contributed by atoms with Gasteiger partial charge in [-0.2, -0.15) is 0 Å². The van der Waals surface area contributed by atoms with E-state index < -0.39 is 6.10 Å². The number of piperidine rings is 1. The highest BCUT2D eigenvalue weighted by Crippen LogP contribution is 2.22. The fourth-order valence-corrected chi connectivity index (χ4v) is 2.93. The maximum Gasteiger partial charge on any atom is 0.263 e. The highest BCUT2D eigenvalue weighted by molar-refractivity contribution is 9.10. The molecule has 1 aromatic rings. The van der Waals surface area contributed by atoms with Crippen LogP contribution in [0, 0.1) is 5.92 Å². The molecule has 2 rings (SSSR count). The third-order valence-electron chi connectivity index (χ3n) is 4.07. The van der Waals surface area contributed by atoms with E-state index >= 15 is 0 Å². The normalized spacial score (nSPS) is 19.1. The van der Waals surface area contributed by atoms with Crippen LogP contribution in [0.2, 0.25) is 0 Å². The molecule has 1 aliphatic heterocycles. The number of benzene rings is 1. The summed E-state index contributed by atoms with van der Waals surface area (Å²) in [7, 11) is 0. The molecule has 21 heavy (non-hydrogen) atoms. The Morgan fingerprint density at radius 3 is 2.38 bits per heavy atom. The van der Waals surface area contributed by atoms with Crippen LogP contribution in [0.3, 0.4) is 0 Å². The maximum absolute atomic E-state index is 12.4. The lowest BCUT2D eigenvalue weighted by atomic mass is 9.91. The highest BCUT2D eigenvalue weighted by atomic mass is 79.9. The Bertz CT molecular complexity index is 468. The fourth-order valence-electron chi connectivity index (χ4n) is 2.67. The van der Waals surface area contributed by atoms with E-state index in [4.69, 9.17) is 10.5 Å². The molecular weight excluding hydrogens is 332 g/mol. The third-order valence-corrected chi connectivity index (χ3v) is 4.60. The molecule has 0 saturated carbocycles. The molecule has 1 heterocycles. The van der Waals surface area contributed by atoms with Crippen LogP contribution in [0.1, 0.15) is 26.7 Å². The Kier molecular flexibility index (Phi) is 5.65. The number of carbonyl (C=O) groups excluding carboxylic acids is 1. The molecule has 1 saturated heterocycles. The average Bonchev–Trinajstić information content (AvgIpc) is 2.49. The smallest absolute Gasteiger partial charge is 0.263 e. The first kappa shape index (κ1) is 16.3. The monoisotopic (exact) mass is 354 g/mol. The quantitative estimate of drug-likeness (QED) is 0.904. The molecule has 116 valence electrons. The van der Waals surface area contributed by atoms with Crippen LogP contribution in [-0.2, 0) is 4.79 Å². The summed E-state index contributed by atoms with van der Waals surface area (Å²) in [5.41, 5.74) is 5.93. The summed E-state index contributed by atoms with van der Waals surface area (Å²) in [6.07, 6.45) is 1.50. The van der Waals surface area contributed by atoms with E-state index in [0.29, 0.717) is 11.7 Å². The number of carbonyl (C=O) groups is 1. The van der Waals surface area contributed by atoms with Crippen LogP contribution in [0.25, 0.3) is 0 Å². The van der Waals surface area contributed by atoms with Crippen molar-refractivity contribution in [3.8, 4) is 5.75 Å². The van der Waals surface area contributed by atoms with Gasteiger partial charge in [0.2, 0.25) is 0 Å². The second-order valence-corrected chi connectivity index (χ2v) is 6.65. The van der Waals surface area contributed by atoms with Crippen LogP contribution >= 0.6 is 15.9 Å². The minimum Gasteiger partial charge on any atom is -0.481 e. The first-order chi connectivity index (χ1) is 9.97. The molecule has 1 aromatic carbocycles. The standard InChI is InChI=1S/C16H23BrN2O2/c1-11(18)13-7-9-19(10-8-13)16(20)12(2)21-15-5-3-14(17)4-6-15/h3-6,11-13H,7-10,18H2,1-2H3. The number of likely N-dealkylation sites (tertiary alicyclic amines) is 1. The van der Waals surface area contributed by atoms with Gasteiger partial charge in [-0.25, -0.2) is 0 Å². The minimum atomic E-state index is -0.460. The Balaban J connectivity index is 1.87. The summed E-state index contributed by atoms with van der Waals surface area (Å²) < 4.78 is 6.71. The molecule has 2 atom stereocenters. The molecule has 5 heteroatoms. The summed E-state index contributed by atoms with van der Waals surface area (Å²) >= 11 is 3.38.